The Morgan fingerprint density at radius 1 is 1.30 bits per heavy atom. The third-order valence-electron chi connectivity index (χ3n) is 4.90. The number of hydrogen-bond acceptors (Lipinski definition) is 10. The van der Waals surface area contributed by atoms with E-state index in [4.69, 9.17) is 10.2 Å². The van der Waals surface area contributed by atoms with Crippen LogP contribution in [0.1, 0.15) is 22.4 Å². The van der Waals surface area contributed by atoms with Crippen molar-refractivity contribution in [2.45, 2.75) is 22.7 Å². The molecule has 172 valence electrons. The summed E-state index contributed by atoms with van der Waals surface area (Å²) in [6.45, 7) is 0. The number of primary amides is 1. The molecule has 0 aliphatic carbocycles. The van der Waals surface area contributed by atoms with Crippen molar-refractivity contribution in [3.8, 4) is 0 Å². The molecule has 1 aromatic heterocycles. The van der Waals surface area contributed by atoms with Gasteiger partial charge in [-0.3, -0.25) is 19.3 Å². The highest BCUT2D eigenvalue weighted by Crippen LogP contribution is 2.41. The molecule has 0 bridgehead atoms. The van der Waals surface area contributed by atoms with Gasteiger partial charge in [0.2, 0.25) is 0 Å². The van der Waals surface area contributed by atoms with Gasteiger partial charge in [-0.15, -0.1) is 22.0 Å². The molecular weight excluding hydrogens is 474 g/mol. The van der Waals surface area contributed by atoms with E-state index >= 15 is 0 Å². The van der Waals surface area contributed by atoms with Gasteiger partial charge in [-0.25, -0.2) is 4.79 Å². The Bertz CT molecular complexity index is 1150. The van der Waals surface area contributed by atoms with Crippen LogP contribution >= 0.6 is 23.5 Å². The Labute approximate surface area is 194 Å². The lowest BCUT2D eigenvalue weighted by molar-refractivity contribution is -0.151. The van der Waals surface area contributed by atoms with Gasteiger partial charge in [0.15, 0.2) is 6.10 Å². The number of aromatic nitrogens is 2. The molecule has 2 aliphatic rings. The highest BCUT2D eigenvalue weighted by molar-refractivity contribution is 8.01. The second kappa shape index (κ2) is 9.25. The van der Waals surface area contributed by atoms with Crippen LogP contribution in [-0.2, 0) is 14.4 Å². The van der Waals surface area contributed by atoms with E-state index in [2.05, 4.69) is 15.5 Å². The standard InChI is InChI=1S/C19H17N5O7S2/c20-13(26)15-22-23-19(31-15)33-7-9-6-32-17-10(16(28)24(17)11(9)18(29)30)21-14(27)12(25)8-4-2-1-3-5-8/h1-5,10,12,17,25H,6-7H2,(H2,20,26)(H,21,27)(H,29,30)/t10?,12-,17-/m1/s1. The number of aliphatic hydroxyl groups excluding tert-OH is 1. The summed E-state index contributed by atoms with van der Waals surface area (Å²) in [5.41, 5.74) is 5.69. The van der Waals surface area contributed by atoms with E-state index < -0.39 is 41.2 Å². The van der Waals surface area contributed by atoms with Gasteiger partial charge in [-0.05, 0) is 11.1 Å². The molecule has 0 spiro atoms. The summed E-state index contributed by atoms with van der Waals surface area (Å²) < 4.78 is 5.07. The highest BCUT2D eigenvalue weighted by Gasteiger charge is 2.54. The van der Waals surface area contributed by atoms with Crippen LogP contribution in [0.5, 0.6) is 0 Å². The first-order valence-electron chi connectivity index (χ1n) is 9.47. The first kappa shape index (κ1) is 22.8. The molecule has 0 saturated carbocycles. The zero-order valence-electron chi connectivity index (χ0n) is 16.7. The third kappa shape index (κ3) is 4.44. The minimum atomic E-state index is -1.46. The second-order valence-electron chi connectivity index (χ2n) is 6.99. The molecule has 14 heteroatoms. The van der Waals surface area contributed by atoms with Crippen molar-refractivity contribution in [3.05, 3.63) is 53.1 Å². The molecular formula is C19H17N5O7S2. The van der Waals surface area contributed by atoms with E-state index in [0.29, 0.717) is 11.1 Å². The average molecular weight is 492 g/mol. The van der Waals surface area contributed by atoms with Crippen molar-refractivity contribution in [2.24, 2.45) is 5.73 Å². The Morgan fingerprint density at radius 2 is 2.03 bits per heavy atom. The zero-order chi connectivity index (χ0) is 23.7. The number of carboxylic acid groups (broad SMARTS) is 1. The maximum atomic E-state index is 12.7. The number of carbonyl (C=O) groups is 4. The SMILES string of the molecule is NC(=O)c1nnc(SCC2=C(C(=O)O)N3C(=O)C(NC(=O)[C@H](O)c4ccccc4)[C@H]3SC2)o1. The largest absolute Gasteiger partial charge is 0.477 e. The summed E-state index contributed by atoms with van der Waals surface area (Å²) >= 11 is 2.29. The first-order chi connectivity index (χ1) is 15.8. The van der Waals surface area contributed by atoms with Crippen LogP contribution in [0.25, 0.3) is 0 Å². The number of hydrogen-bond donors (Lipinski definition) is 4. The molecule has 3 atom stereocenters. The third-order valence-corrected chi connectivity index (χ3v) is 7.14. The molecule has 33 heavy (non-hydrogen) atoms. The van der Waals surface area contributed by atoms with Crippen LogP contribution in [-0.4, -0.2) is 71.9 Å². The van der Waals surface area contributed by atoms with Gasteiger partial charge in [0.25, 0.3) is 17.0 Å². The molecule has 12 nitrogen and oxygen atoms in total. The zero-order valence-corrected chi connectivity index (χ0v) is 18.3. The topological polar surface area (TPSA) is 189 Å². The van der Waals surface area contributed by atoms with E-state index in [0.717, 1.165) is 16.7 Å². The van der Waals surface area contributed by atoms with Crippen molar-refractivity contribution >= 4 is 47.2 Å². The number of carbonyl (C=O) groups excluding carboxylic acids is 3. The lowest BCUT2D eigenvalue weighted by atomic mass is 10.0. The van der Waals surface area contributed by atoms with Crippen LogP contribution in [0, 0.1) is 0 Å². The van der Waals surface area contributed by atoms with E-state index in [1.165, 1.54) is 11.8 Å². The van der Waals surface area contributed by atoms with Gasteiger partial charge in [-0.2, -0.15) is 0 Å². The quantitative estimate of drug-likeness (QED) is 0.281. The monoisotopic (exact) mass is 491 g/mol. The number of β-lactam (4-membered cyclic amide) rings is 1. The maximum Gasteiger partial charge on any atom is 0.352 e. The molecule has 2 aliphatic heterocycles. The Morgan fingerprint density at radius 3 is 2.67 bits per heavy atom. The van der Waals surface area contributed by atoms with Crippen molar-refractivity contribution in [1.82, 2.24) is 20.4 Å². The molecule has 3 heterocycles. The summed E-state index contributed by atoms with van der Waals surface area (Å²) in [6, 6.07) is 7.29. The second-order valence-corrected chi connectivity index (χ2v) is 9.02. The number of nitrogens with zero attached hydrogens (tertiary/aromatic N) is 3. The van der Waals surface area contributed by atoms with Crippen LogP contribution < -0.4 is 11.1 Å². The summed E-state index contributed by atoms with van der Waals surface area (Å²) in [6.07, 6.45) is -1.46. The van der Waals surface area contributed by atoms with Crippen molar-refractivity contribution in [1.29, 1.82) is 0 Å². The molecule has 3 amide bonds. The number of aliphatic carboxylic acids is 1. The van der Waals surface area contributed by atoms with Crippen molar-refractivity contribution < 1.29 is 33.8 Å². The van der Waals surface area contributed by atoms with Crippen LogP contribution in [0.4, 0.5) is 0 Å². The number of thioether (sulfide) groups is 2. The van der Waals surface area contributed by atoms with E-state index in [1.54, 1.807) is 30.3 Å². The predicted octanol–water partition coefficient (Wildman–Crippen LogP) is -0.267. The molecule has 1 unspecified atom stereocenters. The van der Waals surface area contributed by atoms with Gasteiger partial charge in [-0.1, -0.05) is 42.1 Å². The Hall–Kier alpha value is -3.36. The number of nitrogens with two attached hydrogens (primary N) is 1. The summed E-state index contributed by atoms with van der Waals surface area (Å²) in [4.78, 5) is 49.2. The van der Waals surface area contributed by atoms with Gasteiger partial charge in [0.05, 0.1) is 0 Å². The first-order valence-corrected chi connectivity index (χ1v) is 11.5. The van der Waals surface area contributed by atoms with Crippen LogP contribution in [0.3, 0.4) is 0 Å². The maximum absolute atomic E-state index is 12.7. The normalized spacial score (nSPS) is 20.6. The molecule has 2 aromatic rings. The van der Waals surface area contributed by atoms with Crippen molar-refractivity contribution in [2.75, 3.05) is 11.5 Å². The number of fused-ring (bicyclic) bond motifs is 1. The number of amides is 3. The smallest absolute Gasteiger partial charge is 0.352 e. The van der Waals surface area contributed by atoms with Crippen molar-refractivity contribution in [3.63, 3.8) is 0 Å². The molecule has 1 fully saturated rings. The van der Waals surface area contributed by atoms with Gasteiger partial charge in [0.1, 0.15) is 17.1 Å². The summed E-state index contributed by atoms with van der Waals surface area (Å²) in [5.74, 6) is -3.48. The fraction of sp³-hybridized carbons (Fsp3) is 0.263. The minimum Gasteiger partial charge on any atom is -0.477 e. The Kier molecular flexibility index (Phi) is 6.40. The van der Waals surface area contributed by atoms with E-state index in [9.17, 15) is 29.4 Å². The Balaban J connectivity index is 1.45. The van der Waals surface area contributed by atoms with E-state index in [1.807, 2.05) is 0 Å². The number of carboxylic acids is 1. The molecule has 0 radical (unpaired) electrons. The van der Waals surface area contributed by atoms with Gasteiger partial charge in [0, 0.05) is 11.5 Å². The van der Waals surface area contributed by atoms with E-state index in [-0.39, 0.29) is 28.3 Å². The lowest BCUT2D eigenvalue weighted by Crippen LogP contribution is -2.70. The number of rotatable bonds is 8. The minimum absolute atomic E-state index is 0.0307. The average Bonchev–Trinajstić information content (AvgIpc) is 3.29. The number of nitrogens with one attached hydrogen (secondary N) is 1. The molecule has 4 rings (SSSR count). The molecule has 5 N–H and O–H groups in total. The van der Waals surface area contributed by atoms with Crippen LogP contribution in [0.15, 0.2) is 51.2 Å². The number of benzene rings is 1. The fourth-order valence-corrected chi connectivity index (χ4v) is 5.58. The predicted molar refractivity (Wildman–Crippen MR) is 115 cm³/mol. The molecule has 1 aromatic carbocycles. The number of aliphatic hydroxyl groups is 1. The lowest BCUT2D eigenvalue weighted by Gasteiger charge is -2.49. The van der Waals surface area contributed by atoms with Gasteiger partial charge >= 0.3 is 17.8 Å². The summed E-state index contributed by atoms with van der Waals surface area (Å²) in [5, 5.41) is 29.0. The van der Waals surface area contributed by atoms with Crippen LogP contribution in [0.2, 0.25) is 0 Å². The van der Waals surface area contributed by atoms with Gasteiger partial charge < -0.3 is 25.7 Å². The fourth-order valence-electron chi connectivity index (χ4n) is 3.33. The summed E-state index contributed by atoms with van der Waals surface area (Å²) in [7, 11) is 0. The molecule has 1 saturated heterocycles. The highest BCUT2D eigenvalue weighted by atomic mass is 32.2.